The lowest BCUT2D eigenvalue weighted by atomic mass is 10.2. The van der Waals surface area contributed by atoms with E-state index >= 15 is 0 Å². The van der Waals surface area contributed by atoms with Crippen LogP contribution in [-0.2, 0) is 4.79 Å². The first kappa shape index (κ1) is 14.3. The highest BCUT2D eigenvalue weighted by Gasteiger charge is 2.15. The van der Waals surface area contributed by atoms with Gasteiger partial charge in [-0.3, -0.25) is 14.8 Å². The van der Waals surface area contributed by atoms with Crippen LogP contribution in [0.5, 0.6) is 0 Å². The van der Waals surface area contributed by atoms with Crippen LogP contribution < -0.4 is 10.6 Å². The summed E-state index contributed by atoms with van der Waals surface area (Å²) in [5, 5.41) is 13.7. The van der Waals surface area contributed by atoms with Crippen LogP contribution in [0.1, 0.15) is 25.6 Å². The molecule has 2 heterocycles. The Bertz CT molecular complexity index is 549. The van der Waals surface area contributed by atoms with Crippen molar-refractivity contribution in [3.63, 3.8) is 0 Å². The van der Waals surface area contributed by atoms with Crippen LogP contribution in [0.25, 0.3) is 0 Å². The number of nitrogens with one attached hydrogen (secondary N) is 2. The molecule has 2 aromatic rings. The van der Waals surface area contributed by atoms with Crippen LogP contribution in [0.2, 0.25) is 0 Å². The first-order valence-corrected chi connectivity index (χ1v) is 6.52. The molecule has 0 aliphatic carbocycles. The molecule has 0 saturated carbocycles. The van der Waals surface area contributed by atoms with Crippen LogP contribution in [0.3, 0.4) is 0 Å². The maximum absolute atomic E-state index is 11.8. The van der Waals surface area contributed by atoms with Gasteiger partial charge in [-0.1, -0.05) is 5.16 Å². The van der Waals surface area contributed by atoms with E-state index in [1.54, 1.807) is 19.2 Å². The summed E-state index contributed by atoms with van der Waals surface area (Å²) in [5.74, 6) is 0.197. The van der Waals surface area contributed by atoms with Crippen molar-refractivity contribution in [3.8, 4) is 0 Å². The van der Waals surface area contributed by atoms with Gasteiger partial charge in [0, 0.05) is 24.5 Å². The summed E-state index contributed by atoms with van der Waals surface area (Å²) in [6, 6.07) is 3.82. The van der Waals surface area contributed by atoms with E-state index in [1.165, 1.54) is 0 Å². The van der Waals surface area contributed by atoms with Crippen LogP contribution in [-0.4, -0.2) is 33.4 Å². The number of carbonyl (C=O) groups is 1. The smallest absolute Gasteiger partial charge is 0.240 e. The summed E-state index contributed by atoms with van der Waals surface area (Å²) in [5.41, 5.74) is 0.730. The minimum absolute atomic E-state index is 0.108. The SMILES string of the molecule is Cc1cc(NC(=O)CN[C@@H](C)[C@@H](C)n2cccn2)on1. The molecule has 108 valence electrons. The lowest BCUT2D eigenvalue weighted by Crippen LogP contribution is -2.39. The zero-order valence-corrected chi connectivity index (χ0v) is 11.8. The summed E-state index contributed by atoms with van der Waals surface area (Å²) >= 11 is 0. The van der Waals surface area contributed by atoms with E-state index in [9.17, 15) is 4.79 Å². The summed E-state index contributed by atoms with van der Waals surface area (Å²) in [7, 11) is 0. The van der Waals surface area contributed by atoms with Gasteiger partial charge < -0.3 is 9.84 Å². The molecule has 0 saturated heterocycles. The number of aryl methyl sites for hydroxylation is 1. The van der Waals surface area contributed by atoms with E-state index in [0.29, 0.717) is 5.88 Å². The van der Waals surface area contributed by atoms with Crippen molar-refractivity contribution < 1.29 is 9.32 Å². The first-order valence-electron chi connectivity index (χ1n) is 6.52. The molecular weight excluding hydrogens is 258 g/mol. The molecule has 20 heavy (non-hydrogen) atoms. The largest absolute Gasteiger partial charge is 0.338 e. The zero-order valence-electron chi connectivity index (χ0n) is 11.8. The molecule has 0 radical (unpaired) electrons. The van der Waals surface area contributed by atoms with Crippen molar-refractivity contribution in [2.75, 3.05) is 11.9 Å². The number of rotatable bonds is 6. The number of amides is 1. The third-order valence-electron chi connectivity index (χ3n) is 3.14. The Balaban J connectivity index is 1.78. The second-order valence-corrected chi connectivity index (χ2v) is 4.78. The summed E-state index contributed by atoms with van der Waals surface area (Å²) in [6.07, 6.45) is 3.64. The van der Waals surface area contributed by atoms with Gasteiger partial charge in [-0.15, -0.1) is 0 Å². The fourth-order valence-corrected chi connectivity index (χ4v) is 1.78. The lowest BCUT2D eigenvalue weighted by Gasteiger charge is -2.21. The van der Waals surface area contributed by atoms with Gasteiger partial charge in [0.1, 0.15) is 0 Å². The normalized spacial score (nSPS) is 13.9. The minimum atomic E-state index is -0.166. The maximum atomic E-state index is 11.8. The summed E-state index contributed by atoms with van der Waals surface area (Å²) < 4.78 is 6.78. The molecule has 2 aromatic heterocycles. The molecule has 0 aromatic carbocycles. The molecule has 0 fully saturated rings. The third-order valence-corrected chi connectivity index (χ3v) is 3.14. The van der Waals surface area contributed by atoms with Gasteiger partial charge in [-0.2, -0.15) is 5.10 Å². The van der Waals surface area contributed by atoms with Gasteiger partial charge in [0.2, 0.25) is 11.8 Å². The van der Waals surface area contributed by atoms with E-state index in [-0.39, 0.29) is 24.5 Å². The Morgan fingerprint density at radius 2 is 2.30 bits per heavy atom. The van der Waals surface area contributed by atoms with Gasteiger partial charge in [0.15, 0.2) is 0 Å². The van der Waals surface area contributed by atoms with Crippen LogP contribution in [0.4, 0.5) is 5.88 Å². The molecule has 0 aliphatic heterocycles. The Morgan fingerprint density at radius 3 is 2.90 bits per heavy atom. The van der Waals surface area contributed by atoms with Crippen LogP contribution in [0, 0.1) is 6.92 Å². The second kappa shape index (κ2) is 6.33. The van der Waals surface area contributed by atoms with Crippen LogP contribution >= 0.6 is 0 Å². The van der Waals surface area contributed by atoms with E-state index in [2.05, 4.69) is 20.9 Å². The fourth-order valence-electron chi connectivity index (χ4n) is 1.78. The summed E-state index contributed by atoms with van der Waals surface area (Å²) in [6.45, 7) is 6.05. The quantitative estimate of drug-likeness (QED) is 0.832. The molecule has 2 rings (SSSR count). The molecule has 2 atom stereocenters. The molecule has 7 nitrogen and oxygen atoms in total. The molecular formula is C13H19N5O2. The average molecular weight is 277 g/mol. The van der Waals surface area contributed by atoms with E-state index in [4.69, 9.17) is 4.52 Å². The highest BCUT2D eigenvalue weighted by atomic mass is 16.5. The zero-order chi connectivity index (χ0) is 14.5. The number of nitrogens with zero attached hydrogens (tertiary/aromatic N) is 3. The minimum Gasteiger partial charge on any atom is -0.338 e. The van der Waals surface area contributed by atoms with Crippen molar-refractivity contribution in [2.24, 2.45) is 0 Å². The maximum Gasteiger partial charge on any atom is 0.240 e. The van der Waals surface area contributed by atoms with Gasteiger partial charge in [-0.25, -0.2) is 0 Å². The predicted octanol–water partition coefficient (Wildman–Crippen LogP) is 1.36. The second-order valence-electron chi connectivity index (χ2n) is 4.78. The van der Waals surface area contributed by atoms with Crippen molar-refractivity contribution in [2.45, 2.75) is 32.9 Å². The number of hydrogen-bond donors (Lipinski definition) is 2. The van der Waals surface area contributed by atoms with Gasteiger partial charge in [-0.05, 0) is 26.8 Å². The van der Waals surface area contributed by atoms with Gasteiger partial charge >= 0.3 is 0 Å². The Morgan fingerprint density at radius 1 is 1.50 bits per heavy atom. The van der Waals surface area contributed by atoms with Crippen molar-refractivity contribution in [1.29, 1.82) is 0 Å². The highest BCUT2D eigenvalue weighted by Crippen LogP contribution is 2.09. The van der Waals surface area contributed by atoms with E-state index in [1.807, 2.05) is 30.8 Å². The van der Waals surface area contributed by atoms with Crippen molar-refractivity contribution in [3.05, 3.63) is 30.2 Å². The first-order chi connectivity index (χ1) is 9.56. The topological polar surface area (TPSA) is 85.0 Å². The molecule has 1 amide bonds. The molecule has 0 spiro atoms. The van der Waals surface area contributed by atoms with Gasteiger partial charge in [0.05, 0.1) is 18.3 Å². The number of carbonyl (C=O) groups excluding carboxylic acids is 1. The summed E-state index contributed by atoms with van der Waals surface area (Å²) in [4.78, 5) is 11.8. The molecule has 0 bridgehead atoms. The molecule has 7 heteroatoms. The van der Waals surface area contributed by atoms with Crippen LogP contribution in [0.15, 0.2) is 29.0 Å². The molecule has 0 unspecified atom stereocenters. The number of hydrogen-bond acceptors (Lipinski definition) is 5. The molecule has 2 N–H and O–H groups in total. The number of aromatic nitrogens is 3. The molecule has 0 aliphatic rings. The Kier molecular flexibility index (Phi) is 4.52. The van der Waals surface area contributed by atoms with Gasteiger partial charge in [0.25, 0.3) is 0 Å². The van der Waals surface area contributed by atoms with E-state index in [0.717, 1.165) is 5.69 Å². The lowest BCUT2D eigenvalue weighted by molar-refractivity contribution is -0.115. The third kappa shape index (κ3) is 3.67. The van der Waals surface area contributed by atoms with Crippen molar-refractivity contribution >= 4 is 11.8 Å². The van der Waals surface area contributed by atoms with Crippen molar-refractivity contribution in [1.82, 2.24) is 20.3 Å². The standard InChI is InChI=1S/C13H19N5O2/c1-9-7-13(20-17-9)16-12(19)8-14-10(2)11(3)18-6-4-5-15-18/h4-7,10-11,14H,8H2,1-3H3,(H,16,19)/t10-,11+/m0/s1. The van der Waals surface area contributed by atoms with E-state index < -0.39 is 0 Å². The Hall–Kier alpha value is -2.15. The average Bonchev–Trinajstić information content (AvgIpc) is 3.07. The monoisotopic (exact) mass is 277 g/mol. The number of anilines is 1. The highest BCUT2D eigenvalue weighted by molar-refractivity contribution is 5.90. The predicted molar refractivity (Wildman–Crippen MR) is 74.3 cm³/mol. The Labute approximate surface area is 117 Å². The fraction of sp³-hybridized carbons (Fsp3) is 0.462.